The molecule has 1 aliphatic heterocycles. The molecule has 0 aliphatic carbocycles. The first-order chi connectivity index (χ1) is 9.13. The normalized spacial score (nSPS) is 18.7. The molecular formula is C14H14N2O3. The van der Waals surface area contributed by atoms with Gasteiger partial charge < -0.3 is 10.0 Å². The van der Waals surface area contributed by atoms with Gasteiger partial charge >= 0.3 is 5.97 Å². The Morgan fingerprint density at radius 2 is 2.16 bits per heavy atom. The van der Waals surface area contributed by atoms with Gasteiger partial charge in [-0.25, -0.2) is 4.79 Å². The zero-order chi connectivity index (χ0) is 13.8. The average molecular weight is 258 g/mol. The zero-order valence-electron chi connectivity index (χ0n) is 10.4. The monoisotopic (exact) mass is 258 g/mol. The van der Waals surface area contributed by atoms with Crippen LogP contribution in [0, 0.1) is 11.3 Å². The Morgan fingerprint density at radius 1 is 1.37 bits per heavy atom. The number of carboxylic acids is 1. The SMILES string of the molecule is N#Cc1cccc(C(=O)N2CCCCC2C(=O)O)c1. The number of rotatable bonds is 2. The molecule has 1 aromatic carbocycles. The fraction of sp³-hybridized carbons (Fsp3) is 0.357. The molecule has 98 valence electrons. The fourth-order valence-electron chi connectivity index (χ4n) is 2.32. The van der Waals surface area contributed by atoms with Gasteiger partial charge in [0.25, 0.3) is 5.91 Å². The molecule has 0 bridgehead atoms. The number of carboxylic acid groups (broad SMARTS) is 1. The Kier molecular flexibility index (Phi) is 3.81. The summed E-state index contributed by atoms with van der Waals surface area (Å²) in [5.74, 6) is -1.28. The van der Waals surface area contributed by atoms with Crippen molar-refractivity contribution in [3.8, 4) is 6.07 Å². The Bertz CT molecular complexity index is 548. The summed E-state index contributed by atoms with van der Waals surface area (Å²) < 4.78 is 0. The summed E-state index contributed by atoms with van der Waals surface area (Å²) in [4.78, 5) is 24.9. The van der Waals surface area contributed by atoms with Gasteiger partial charge in [-0.15, -0.1) is 0 Å². The van der Waals surface area contributed by atoms with Crippen molar-refractivity contribution in [2.24, 2.45) is 0 Å². The first kappa shape index (κ1) is 13.1. The molecule has 0 saturated carbocycles. The number of likely N-dealkylation sites (tertiary alicyclic amines) is 1. The van der Waals surface area contributed by atoms with Gasteiger partial charge in [-0.05, 0) is 37.5 Å². The molecule has 5 heteroatoms. The zero-order valence-corrected chi connectivity index (χ0v) is 10.4. The highest BCUT2D eigenvalue weighted by molar-refractivity contribution is 5.97. The van der Waals surface area contributed by atoms with Crippen molar-refractivity contribution in [2.45, 2.75) is 25.3 Å². The number of nitrogens with zero attached hydrogens (tertiary/aromatic N) is 2. The molecule has 19 heavy (non-hydrogen) atoms. The molecule has 5 nitrogen and oxygen atoms in total. The summed E-state index contributed by atoms with van der Waals surface area (Å²) in [6.07, 6.45) is 2.12. The topological polar surface area (TPSA) is 81.4 Å². The number of piperidine rings is 1. The van der Waals surface area contributed by atoms with Crippen LogP contribution in [0.1, 0.15) is 35.2 Å². The lowest BCUT2D eigenvalue weighted by Crippen LogP contribution is -2.47. The number of hydrogen-bond donors (Lipinski definition) is 1. The van der Waals surface area contributed by atoms with Crippen molar-refractivity contribution < 1.29 is 14.7 Å². The van der Waals surface area contributed by atoms with Gasteiger partial charge in [-0.3, -0.25) is 4.79 Å². The number of nitriles is 1. The van der Waals surface area contributed by atoms with E-state index in [-0.39, 0.29) is 5.91 Å². The van der Waals surface area contributed by atoms with Gasteiger partial charge in [0.1, 0.15) is 6.04 Å². The highest BCUT2D eigenvalue weighted by Gasteiger charge is 2.32. The van der Waals surface area contributed by atoms with E-state index in [1.165, 1.54) is 11.0 Å². The van der Waals surface area contributed by atoms with Crippen LogP contribution in [0.2, 0.25) is 0 Å². The van der Waals surface area contributed by atoms with E-state index in [4.69, 9.17) is 10.4 Å². The number of carbonyl (C=O) groups excluding carboxylic acids is 1. The molecule has 1 saturated heterocycles. The molecule has 1 heterocycles. The minimum Gasteiger partial charge on any atom is -0.480 e. The standard InChI is InChI=1S/C14H14N2O3/c15-9-10-4-3-5-11(8-10)13(17)16-7-2-1-6-12(16)14(18)19/h3-5,8,12H,1-2,6-7H2,(H,18,19). The minimum absolute atomic E-state index is 0.316. The average Bonchev–Trinajstić information content (AvgIpc) is 2.46. The highest BCUT2D eigenvalue weighted by Crippen LogP contribution is 2.20. The third-order valence-electron chi connectivity index (χ3n) is 3.29. The molecule has 0 aromatic heterocycles. The van der Waals surface area contributed by atoms with Crippen LogP contribution in [-0.2, 0) is 4.79 Å². The van der Waals surface area contributed by atoms with E-state index in [2.05, 4.69) is 0 Å². The van der Waals surface area contributed by atoms with Gasteiger partial charge in [-0.2, -0.15) is 5.26 Å². The van der Waals surface area contributed by atoms with E-state index in [1.54, 1.807) is 18.2 Å². The molecule has 1 atom stereocenters. The molecule has 1 aromatic rings. The molecule has 1 amide bonds. The Morgan fingerprint density at radius 3 is 2.84 bits per heavy atom. The van der Waals surface area contributed by atoms with Gasteiger partial charge in [0.05, 0.1) is 11.6 Å². The van der Waals surface area contributed by atoms with Crippen LogP contribution < -0.4 is 0 Å². The molecule has 1 fully saturated rings. The van der Waals surface area contributed by atoms with E-state index in [0.29, 0.717) is 24.1 Å². The van der Waals surface area contributed by atoms with Crippen molar-refractivity contribution in [3.63, 3.8) is 0 Å². The summed E-state index contributed by atoms with van der Waals surface area (Å²) in [5, 5.41) is 18.0. The minimum atomic E-state index is -0.968. The van der Waals surface area contributed by atoms with Crippen LogP contribution in [0.15, 0.2) is 24.3 Å². The second kappa shape index (κ2) is 5.53. The fourth-order valence-corrected chi connectivity index (χ4v) is 2.32. The van der Waals surface area contributed by atoms with Crippen LogP contribution in [0.3, 0.4) is 0 Å². The van der Waals surface area contributed by atoms with Crippen LogP contribution in [0.4, 0.5) is 0 Å². The van der Waals surface area contributed by atoms with Gasteiger partial charge in [0, 0.05) is 12.1 Å². The number of aliphatic carboxylic acids is 1. The number of hydrogen-bond acceptors (Lipinski definition) is 3. The van der Waals surface area contributed by atoms with Crippen molar-refractivity contribution in [3.05, 3.63) is 35.4 Å². The summed E-state index contributed by atoms with van der Waals surface area (Å²) in [6, 6.07) is 7.56. The van der Waals surface area contributed by atoms with Crippen molar-refractivity contribution in [2.75, 3.05) is 6.54 Å². The largest absolute Gasteiger partial charge is 0.480 e. The van der Waals surface area contributed by atoms with Crippen molar-refractivity contribution in [1.29, 1.82) is 5.26 Å². The third-order valence-corrected chi connectivity index (χ3v) is 3.29. The van der Waals surface area contributed by atoms with Gasteiger partial charge in [-0.1, -0.05) is 6.07 Å². The maximum atomic E-state index is 12.3. The Hall–Kier alpha value is -2.35. The molecule has 0 radical (unpaired) electrons. The predicted octanol–water partition coefficient (Wildman–Crippen LogP) is 1.64. The van der Waals surface area contributed by atoms with E-state index in [1.807, 2.05) is 6.07 Å². The smallest absolute Gasteiger partial charge is 0.326 e. The van der Waals surface area contributed by atoms with Crippen molar-refractivity contribution in [1.82, 2.24) is 4.90 Å². The summed E-state index contributed by atoms with van der Waals surface area (Å²) in [7, 11) is 0. The maximum absolute atomic E-state index is 12.3. The van der Waals surface area contributed by atoms with Gasteiger partial charge in [0.2, 0.25) is 0 Å². The van der Waals surface area contributed by atoms with Crippen molar-refractivity contribution >= 4 is 11.9 Å². The Labute approximate surface area is 111 Å². The third kappa shape index (κ3) is 2.74. The number of benzene rings is 1. The van der Waals surface area contributed by atoms with Gasteiger partial charge in [0.15, 0.2) is 0 Å². The molecule has 1 unspecified atom stereocenters. The molecular weight excluding hydrogens is 244 g/mol. The molecule has 1 N–H and O–H groups in total. The van der Waals surface area contributed by atoms with E-state index < -0.39 is 12.0 Å². The number of amides is 1. The lowest BCUT2D eigenvalue weighted by Gasteiger charge is -2.33. The molecule has 2 rings (SSSR count). The van der Waals surface area contributed by atoms with Crippen LogP contribution in [-0.4, -0.2) is 34.5 Å². The van der Waals surface area contributed by atoms with E-state index >= 15 is 0 Å². The van der Waals surface area contributed by atoms with E-state index in [9.17, 15) is 9.59 Å². The first-order valence-corrected chi connectivity index (χ1v) is 6.17. The molecule has 1 aliphatic rings. The maximum Gasteiger partial charge on any atom is 0.326 e. The van der Waals surface area contributed by atoms with Crippen LogP contribution in [0.25, 0.3) is 0 Å². The summed E-state index contributed by atoms with van der Waals surface area (Å²) in [5.41, 5.74) is 0.766. The quantitative estimate of drug-likeness (QED) is 0.874. The van der Waals surface area contributed by atoms with Crippen LogP contribution >= 0.6 is 0 Å². The number of carbonyl (C=O) groups is 2. The molecule has 0 spiro atoms. The van der Waals surface area contributed by atoms with Crippen LogP contribution in [0.5, 0.6) is 0 Å². The predicted molar refractivity (Wildman–Crippen MR) is 67.5 cm³/mol. The Balaban J connectivity index is 2.26. The van der Waals surface area contributed by atoms with E-state index in [0.717, 1.165) is 12.8 Å². The highest BCUT2D eigenvalue weighted by atomic mass is 16.4. The summed E-state index contributed by atoms with van der Waals surface area (Å²) >= 11 is 0. The second-order valence-corrected chi connectivity index (χ2v) is 4.54. The summed E-state index contributed by atoms with van der Waals surface area (Å²) in [6.45, 7) is 0.451. The lowest BCUT2D eigenvalue weighted by atomic mass is 10.0. The lowest BCUT2D eigenvalue weighted by molar-refractivity contribution is -0.143. The first-order valence-electron chi connectivity index (χ1n) is 6.17. The second-order valence-electron chi connectivity index (χ2n) is 4.54.